The maximum absolute atomic E-state index is 12.9. The molecule has 2 aromatic rings. The molecule has 0 atom stereocenters. The second kappa shape index (κ2) is 8.69. The number of hydrogen-bond donors (Lipinski definition) is 1. The van der Waals surface area contributed by atoms with E-state index in [1.165, 1.54) is 29.6 Å². The van der Waals surface area contributed by atoms with Gasteiger partial charge in [0.1, 0.15) is 10.6 Å². The molecule has 0 saturated carbocycles. The molecule has 3 rings (SSSR count). The van der Waals surface area contributed by atoms with Crippen LogP contribution in [-0.2, 0) is 14.8 Å². The van der Waals surface area contributed by atoms with Crippen LogP contribution >= 0.6 is 23.2 Å². The fraction of sp³-hybridized carbons (Fsp3) is 0.316. The van der Waals surface area contributed by atoms with Gasteiger partial charge in [0, 0.05) is 24.0 Å². The summed E-state index contributed by atoms with van der Waals surface area (Å²) in [5.41, 5.74) is 0.593. The van der Waals surface area contributed by atoms with E-state index in [9.17, 15) is 13.2 Å². The minimum Gasteiger partial charge on any atom is -0.495 e. The van der Waals surface area contributed by atoms with Gasteiger partial charge in [0.25, 0.3) is 0 Å². The number of sulfonamides is 1. The van der Waals surface area contributed by atoms with Crippen molar-refractivity contribution < 1.29 is 17.9 Å². The first-order valence-electron chi connectivity index (χ1n) is 8.72. The van der Waals surface area contributed by atoms with E-state index in [2.05, 4.69) is 5.32 Å². The molecule has 1 heterocycles. The number of piperidine rings is 1. The van der Waals surface area contributed by atoms with Crippen molar-refractivity contribution in [2.24, 2.45) is 5.92 Å². The fourth-order valence-corrected chi connectivity index (χ4v) is 5.36. The van der Waals surface area contributed by atoms with Crippen molar-refractivity contribution in [3.63, 3.8) is 0 Å². The summed E-state index contributed by atoms with van der Waals surface area (Å²) in [6.07, 6.45) is 0.830. The second-order valence-corrected chi connectivity index (χ2v) is 9.19. The first-order valence-corrected chi connectivity index (χ1v) is 10.9. The number of anilines is 1. The summed E-state index contributed by atoms with van der Waals surface area (Å²) in [4.78, 5) is 12.6. The van der Waals surface area contributed by atoms with E-state index in [-0.39, 0.29) is 34.8 Å². The number of carbonyl (C=O) groups is 1. The summed E-state index contributed by atoms with van der Waals surface area (Å²) in [7, 11) is -2.23. The Bertz CT molecular complexity index is 974. The standard InChI is InChI=1S/C19H20Cl2N2O4S/c1-27-17-5-3-2-4-16(17)22-19(24)13-8-10-23(11-9-13)28(25,26)18-12-14(20)6-7-15(18)21/h2-7,12-13H,8-11H2,1H3,(H,22,24). The highest BCUT2D eigenvalue weighted by molar-refractivity contribution is 7.89. The molecule has 0 bridgehead atoms. The van der Waals surface area contributed by atoms with Gasteiger partial charge in [0.15, 0.2) is 0 Å². The molecule has 28 heavy (non-hydrogen) atoms. The van der Waals surface area contributed by atoms with Crippen molar-refractivity contribution in [3.05, 3.63) is 52.5 Å². The third kappa shape index (κ3) is 4.43. The van der Waals surface area contributed by atoms with Gasteiger partial charge in [-0.1, -0.05) is 35.3 Å². The van der Waals surface area contributed by atoms with Gasteiger partial charge in [-0.2, -0.15) is 4.31 Å². The Kier molecular flexibility index (Phi) is 6.50. The van der Waals surface area contributed by atoms with Gasteiger partial charge >= 0.3 is 0 Å². The molecule has 1 saturated heterocycles. The quantitative estimate of drug-likeness (QED) is 0.757. The zero-order valence-electron chi connectivity index (χ0n) is 15.2. The molecule has 6 nitrogen and oxygen atoms in total. The van der Waals surface area contributed by atoms with Gasteiger partial charge in [-0.15, -0.1) is 0 Å². The first kappa shape index (κ1) is 20.9. The van der Waals surface area contributed by atoms with E-state index in [1.807, 2.05) is 12.1 Å². The van der Waals surface area contributed by atoms with Crippen LogP contribution in [0.2, 0.25) is 10.0 Å². The highest BCUT2D eigenvalue weighted by Crippen LogP contribution is 2.31. The molecule has 9 heteroatoms. The van der Waals surface area contributed by atoms with Crippen LogP contribution in [0.1, 0.15) is 12.8 Å². The van der Waals surface area contributed by atoms with Gasteiger partial charge in [-0.05, 0) is 43.2 Å². The Labute approximate surface area is 174 Å². The Balaban J connectivity index is 1.67. The normalized spacial score (nSPS) is 16.0. The third-order valence-electron chi connectivity index (χ3n) is 4.70. The highest BCUT2D eigenvalue weighted by atomic mass is 35.5. The molecule has 1 aliphatic rings. The van der Waals surface area contributed by atoms with E-state index in [4.69, 9.17) is 27.9 Å². The fourth-order valence-electron chi connectivity index (χ4n) is 3.16. The molecule has 0 radical (unpaired) electrons. The predicted octanol–water partition coefficient (Wildman–Crippen LogP) is 4.04. The van der Waals surface area contributed by atoms with Crippen LogP contribution in [0.25, 0.3) is 0 Å². The summed E-state index contributed by atoms with van der Waals surface area (Å²) in [6.45, 7) is 0.463. The number of halogens is 2. The van der Waals surface area contributed by atoms with Crippen LogP contribution in [0.3, 0.4) is 0 Å². The highest BCUT2D eigenvalue weighted by Gasteiger charge is 2.33. The largest absolute Gasteiger partial charge is 0.495 e. The summed E-state index contributed by atoms with van der Waals surface area (Å²) < 4.78 is 32.3. The monoisotopic (exact) mass is 442 g/mol. The van der Waals surface area contributed by atoms with Crippen LogP contribution < -0.4 is 10.1 Å². The number of amides is 1. The predicted molar refractivity (Wildman–Crippen MR) is 110 cm³/mol. The maximum Gasteiger partial charge on any atom is 0.244 e. The number of hydrogen-bond acceptors (Lipinski definition) is 4. The SMILES string of the molecule is COc1ccccc1NC(=O)C1CCN(S(=O)(=O)c2cc(Cl)ccc2Cl)CC1. The molecule has 0 aromatic heterocycles. The minimum absolute atomic E-state index is 0.0152. The van der Waals surface area contributed by atoms with E-state index >= 15 is 0 Å². The van der Waals surface area contributed by atoms with Gasteiger partial charge < -0.3 is 10.1 Å². The lowest BCUT2D eigenvalue weighted by Crippen LogP contribution is -2.41. The maximum atomic E-state index is 12.9. The van der Waals surface area contributed by atoms with Crippen molar-refractivity contribution >= 4 is 44.8 Å². The van der Waals surface area contributed by atoms with E-state index in [0.29, 0.717) is 29.3 Å². The average molecular weight is 443 g/mol. The molecule has 1 aliphatic heterocycles. The van der Waals surface area contributed by atoms with Crippen LogP contribution in [0.15, 0.2) is 47.4 Å². The molecule has 1 N–H and O–H groups in total. The van der Waals surface area contributed by atoms with Crippen molar-refractivity contribution in [2.75, 3.05) is 25.5 Å². The van der Waals surface area contributed by atoms with E-state index < -0.39 is 10.0 Å². The summed E-state index contributed by atoms with van der Waals surface area (Å²) in [6, 6.07) is 11.5. The summed E-state index contributed by atoms with van der Waals surface area (Å²) >= 11 is 12.0. The number of nitrogens with one attached hydrogen (secondary N) is 1. The lowest BCUT2D eigenvalue weighted by Gasteiger charge is -2.30. The van der Waals surface area contributed by atoms with Gasteiger partial charge in [0.05, 0.1) is 17.8 Å². The second-order valence-electron chi connectivity index (χ2n) is 6.44. The van der Waals surface area contributed by atoms with Crippen LogP contribution in [-0.4, -0.2) is 38.8 Å². The zero-order chi connectivity index (χ0) is 20.3. The molecule has 2 aromatic carbocycles. The molecule has 150 valence electrons. The number of rotatable bonds is 5. The van der Waals surface area contributed by atoms with Crippen molar-refractivity contribution in [2.45, 2.75) is 17.7 Å². The molecular formula is C19H20Cl2N2O4S. The third-order valence-corrected chi connectivity index (χ3v) is 7.32. The Morgan fingerprint density at radius 2 is 1.82 bits per heavy atom. The topological polar surface area (TPSA) is 75.7 Å². The van der Waals surface area contributed by atoms with Crippen molar-refractivity contribution in [1.82, 2.24) is 4.31 Å². The van der Waals surface area contributed by atoms with E-state index in [0.717, 1.165) is 0 Å². The van der Waals surface area contributed by atoms with Crippen molar-refractivity contribution in [1.29, 1.82) is 0 Å². The Morgan fingerprint density at radius 3 is 2.50 bits per heavy atom. The first-order chi connectivity index (χ1) is 13.3. The smallest absolute Gasteiger partial charge is 0.244 e. The van der Waals surface area contributed by atoms with Crippen LogP contribution in [0.5, 0.6) is 5.75 Å². The molecule has 1 amide bonds. The molecule has 0 spiro atoms. The number of benzene rings is 2. The lowest BCUT2D eigenvalue weighted by atomic mass is 9.97. The van der Waals surface area contributed by atoms with Crippen LogP contribution in [0.4, 0.5) is 5.69 Å². The molecule has 1 fully saturated rings. The van der Waals surface area contributed by atoms with Gasteiger partial charge in [-0.3, -0.25) is 4.79 Å². The average Bonchev–Trinajstić information content (AvgIpc) is 2.70. The Hall–Kier alpha value is -1.80. The van der Waals surface area contributed by atoms with Crippen LogP contribution in [0, 0.1) is 5.92 Å². The number of carbonyl (C=O) groups excluding carboxylic acids is 1. The lowest BCUT2D eigenvalue weighted by molar-refractivity contribution is -0.120. The van der Waals surface area contributed by atoms with Gasteiger partial charge in [0.2, 0.25) is 15.9 Å². The van der Waals surface area contributed by atoms with Crippen molar-refractivity contribution in [3.8, 4) is 5.75 Å². The number of methoxy groups -OCH3 is 1. The minimum atomic E-state index is -3.77. The zero-order valence-corrected chi connectivity index (χ0v) is 17.5. The summed E-state index contributed by atoms with van der Waals surface area (Å²) in [5, 5.41) is 3.29. The number of nitrogens with zero attached hydrogens (tertiary/aromatic N) is 1. The number of ether oxygens (including phenoxy) is 1. The Morgan fingerprint density at radius 1 is 1.14 bits per heavy atom. The van der Waals surface area contributed by atoms with Gasteiger partial charge in [-0.25, -0.2) is 8.42 Å². The summed E-state index contributed by atoms with van der Waals surface area (Å²) in [5.74, 6) is 0.139. The molecular weight excluding hydrogens is 423 g/mol. The molecule has 0 unspecified atom stereocenters. The number of para-hydroxylation sites is 2. The molecule has 0 aliphatic carbocycles. The van der Waals surface area contributed by atoms with E-state index in [1.54, 1.807) is 12.1 Å².